The third kappa shape index (κ3) is 4.92. The Labute approximate surface area is 163 Å². The number of halogens is 2. The molecule has 0 amide bonds. The van der Waals surface area contributed by atoms with Crippen LogP contribution in [0.3, 0.4) is 0 Å². The van der Waals surface area contributed by atoms with Gasteiger partial charge in [0, 0.05) is 0 Å². The van der Waals surface area contributed by atoms with Crippen LogP contribution >= 0.6 is 0 Å². The first kappa shape index (κ1) is 20.4. The van der Waals surface area contributed by atoms with Gasteiger partial charge >= 0.3 is 0 Å². The molecule has 2 aliphatic rings. The molecule has 2 fully saturated rings. The molecule has 0 bridgehead atoms. The van der Waals surface area contributed by atoms with Crippen LogP contribution in [0.1, 0.15) is 82.6 Å². The number of allylic oxidation sites excluding steroid dienone is 1. The first-order chi connectivity index (χ1) is 13.1. The lowest BCUT2D eigenvalue weighted by Gasteiger charge is -2.38. The van der Waals surface area contributed by atoms with Crippen LogP contribution in [-0.4, -0.2) is 6.61 Å². The highest BCUT2D eigenvalue weighted by molar-refractivity contribution is 5.33. The minimum absolute atomic E-state index is 0.0284. The van der Waals surface area contributed by atoms with Gasteiger partial charge < -0.3 is 4.74 Å². The van der Waals surface area contributed by atoms with Crippen molar-refractivity contribution in [2.24, 2.45) is 17.8 Å². The number of hydrogen-bond donors (Lipinski definition) is 0. The maximum absolute atomic E-state index is 14.5. The lowest BCUT2D eigenvalue weighted by molar-refractivity contribution is 0.156. The monoisotopic (exact) mass is 376 g/mol. The summed E-state index contributed by atoms with van der Waals surface area (Å²) in [4.78, 5) is 0. The molecule has 0 aromatic heterocycles. The Hall–Kier alpha value is -1.38. The van der Waals surface area contributed by atoms with Crippen molar-refractivity contribution in [2.45, 2.75) is 77.0 Å². The summed E-state index contributed by atoms with van der Waals surface area (Å²) in [5.41, 5.74) is 0.544. The van der Waals surface area contributed by atoms with Gasteiger partial charge in [-0.25, -0.2) is 4.39 Å². The van der Waals surface area contributed by atoms with Gasteiger partial charge in [0.15, 0.2) is 11.6 Å². The Balaban J connectivity index is 1.52. The Morgan fingerprint density at radius 1 is 0.963 bits per heavy atom. The number of hydrogen-bond acceptors (Lipinski definition) is 1. The topological polar surface area (TPSA) is 9.23 Å². The summed E-state index contributed by atoms with van der Waals surface area (Å²) in [5, 5.41) is 0. The maximum Gasteiger partial charge on any atom is 0.200 e. The van der Waals surface area contributed by atoms with Gasteiger partial charge in [-0.15, -0.1) is 6.58 Å². The highest BCUT2D eigenvalue weighted by Gasteiger charge is 2.32. The highest BCUT2D eigenvalue weighted by Crippen LogP contribution is 2.45. The molecule has 0 atom stereocenters. The highest BCUT2D eigenvalue weighted by atomic mass is 19.2. The first-order valence-corrected chi connectivity index (χ1v) is 10.9. The Morgan fingerprint density at radius 3 is 2.19 bits per heavy atom. The van der Waals surface area contributed by atoms with E-state index in [1.54, 1.807) is 19.1 Å². The minimum atomic E-state index is -0.825. The number of ether oxygens (including phenoxy) is 1. The van der Waals surface area contributed by atoms with Gasteiger partial charge in [0.1, 0.15) is 0 Å². The van der Waals surface area contributed by atoms with Crippen LogP contribution < -0.4 is 4.74 Å². The quantitative estimate of drug-likeness (QED) is 0.450. The molecule has 0 unspecified atom stereocenters. The lowest BCUT2D eigenvalue weighted by Crippen LogP contribution is -2.25. The predicted molar refractivity (Wildman–Crippen MR) is 107 cm³/mol. The largest absolute Gasteiger partial charge is 0.491 e. The third-order valence-electron chi connectivity index (χ3n) is 6.93. The van der Waals surface area contributed by atoms with Gasteiger partial charge in [0.05, 0.1) is 6.61 Å². The van der Waals surface area contributed by atoms with Crippen molar-refractivity contribution in [3.63, 3.8) is 0 Å². The van der Waals surface area contributed by atoms with Crippen LogP contribution in [0.4, 0.5) is 8.78 Å². The second-order valence-corrected chi connectivity index (χ2v) is 8.47. The van der Waals surface area contributed by atoms with E-state index >= 15 is 0 Å². The zero-order valence-corrected chi connectivity index (χ0v) is 16.7. The molecule has 2 aliphatic carbocycles. The summed E-state index contributed by atoms with van der Waals surface area (Å²) in [6.45, 7) is 5.96. The average molecular weight is 377 g/mol. The molecule has 0 radical (unpaired) electrons. The second-order valence-electron chi connectivity index (χ2n) is 8.47. The van der Waals surface area contributed by atoms with Crippen molar-refractivity contribution in [1.82, 2.24) is 0 Å². The van der Waals surface area contributed by atoms with E-state index in [0.29, 0.717) is 12.2 Å². The van der Waals surface area contributed by atoms with Crippen LogP contribution in [0.25, 0.3) is 0 Å². The van der Waals surface area contributed by atoms with Crippen LogP contribution in [-0.2, 0) is 0 Å². The van der Waals surface area contributed by atoms with Gasteiger partial charge in [0.2, 0.25) is 5.82 Å². The van der Waals surface area contributed by atoms with Crippen molar-refractivity contribution < 1.29 is 13.5 Å². The first-order valence-electron chi connectivity index (χ1n) is 10.9. The van der Waals surface area contributed by atoms with Crippen molar-refractivity contribution in [2.75, 3.05) is 6.61 Å². The molecule has 0 heterocycles. The van der Waals surface area contributed by atoms with Gasteiger partial charge in [0.25, 0.3) is 0 Å². The molecule has 0 spiro atoms. The summed E-state index contributed by atoms with van der Waals surface area (Å²) >= 11 is 0. The summed E-state index contributed by atoms with van der Waals surface area (Å²) < 4.78 is 33.9. The van der Waals surface area contributed by atoms with Crippen LogP contribution in [0, 0.1) is 29.4 Å². The number of benzene rings is 1. The molecular formula is C24H34F2O. The van der Waals surface area contributed by atoms with E-state index in [2.05, 4.69) is 6.58 Å². The Bertz CT molecular complexity index is 611. The molecule has 0 aliphatic heterocycles. The van der Waals surface area contributed by atoms with Gasteiger partial charge in [-0.3, -0.25) is 0 Å². The summed E-state index contributed by atoms with van der Waals surface area (Å²) in [7, 11) is 0. The fourth-order valence-corrected chi connectivity index (χ4v) is 5.33. The molecule has 150 valence electrons. The van der Waals surface area contributed by atoms with E-state index in [9.17, 15) is 8.78 Å². The molecule has 1 aromatic carbocycles. The minimum Gasteiger partial charge on any atom is -0.491 e. The van der Waals surface area contributed by atoms with Crippen molar-refractivity contribution in [3.8, 4) is 5.75 Å². The van der Waals surface area contributed by atoms with Crippen LogP contribution in [0.2, 0.25) is 0 Å². The standard InChI is InChI=1S/C24H34F2O/c1-3-5-6-17-7-9-18(10-8-17)19-11-13-20(14-12-19)21-15-16-22(27-4-2)24(26)23(21)25/h3,15-20H,1,4-14H2,2H3. The molecule has 3 rings (SSSR count). The average Bonchev–Trinajstić information content (AvgIpc) is 2.71. The van der Waals surface area contributed by atoms with Crippen molar-refractivity contribution in [1.29, 1.82) is 0 Å². The van der Waals surface area contributed by atoms with E-state index in [0.717, 1.165) is 49.9 Å². The second kappa shape index (κ2) is 9.71. The SMILES string of the molecule is C=CCCC1CCC(C2CCC(c3ccc(OCC)c(F)c3F)CC2)CC1. The molecular weight excluding hydrogens is 342 g/mol. The molecule has 1 aromatic rings. The fourth-order valence-electron chi connectivity index (χ4n) is 5.33. The van der Waals surface area contributed by atoms with Crippen molar-refractivity contribution in [3.05, 3.63) is 42.0 Å². The summed E-state index contributed by atoms with van der Waals surface area (Å²) in [6.07, 6.45) is 14.2. The summed E-state index contributed by atoms with van der Waals surface area (Å²) in [5.74, 6) is 1.15. The molecule has 0 saturated heterocycles. The lowest BCUT2D eigenvalue weighted by atomic mass is 9.68. The zero-order chi connectivity index (χ0) is 19.2. The molecule has 27 heavy (non-hydrogen) atoms. The molecule has 1 nitrogen and oxygen atoms in total. The summed E-state index contributed by atoms with van der Waals surface area (Å²) in [6, 6.07) is 3.33. The third-order valence-corrected chi connectivity index (χ3v) is 6.93. The molecule has 2 saturated carbocycles. The maximum atomic E-state index is 14.5. The van der Waals surface area contributed by atoms with E-state index in [1.807, 2.05) is 6.08 Å². The van der Waals surface area contributed by atoms with Crippen LogP contribution in [0.15, 0.2) is 24.8 Å². The van der Waals surface area contributed by atoms with Crippen molar-refractivity contribution >= 4 is 0 Å². The van der Waals surface area contributed by atoms with E-state index in [-0.39, 0.29) is 11.7 Å². The van der Waals surface area contributed by atoms with Crippen LogP contribution in [0.5, 0.6) is 5.75 Å². The molecule has 0 N–H and O–H groups in total. The van der Waals surface area contributed by atoms with Gasteiger partial charge in [-0.2, -0.15) is 4.39 Å². The van der Waals surface area contributed by atoms with Gasteiger partial charge in [-0.1, -0.05) is 25.0 Å². The number of rotatable bonds is 7. The van der Waals surface area contributed by atoms with E-state index in [4.69, 9.17) is 4.74 Å². The fraction of sp³-hybridized carbons (Fsp3) is 0.667. The normalized spacial score (nSPS) is 28.7. The zero-order valence-electron chi connectivity index (χ0n) is 16.7. The smallest absolute Gasteiger partial charge is 0.200 e. The Kier molecular flexibility index (Phi) is 7.32. The molecule has 3 heteroatoms. The van der Waals surface area contributed by atoms with E-state index in [1.165, 1.54) is 32.1 Å². The van der Waals surface area contributed by atoms with E-state index < -0.39 is 11.6 Å². The Morgan fingerprint density at radius 2 is 1.59 bits per heavy atom. The van der Waals surface area contributed by atoms with Gasteiger partial charge in [-0.05, 0) is 93.6 Å². The predicted octanol–water partition coefficient (Wildman–Crippen LogP) is 7.41.